The van der Waals surface area contributed by atoms with E-state index >= 15 is 0 Å². The quantitative estimate of drug-likeness (QED) is 0.215. The fraction of sp³-hybridized carbons (Fsp3) is 0.300. The molecule has 2 aromatic carbocycles. The second-order valence-electron chi connectivity index (χ2n) is 10.3. The van der Waals surface area contributed by atoms with Gasteiger partial charge < -0.3 is 20.7 Å². The predicted molar refractivity (Wildman–Crippen MR) is 155 cm³/mol. The maximum Gasteiger partial charge on any atom is 0.324 e. The zero-order valence-electron chi connectivity index (χ0n) is 22.8. The number of ether oxygens (including phenoxy) is 1. The van der Waals surface area contributed by atoms with E-state index < -0.39 is 0 Å². The van der Waals surface area contributed by atoms with Crippen molar-refractivity contribution in [3.8, 4) is 17.2 Å². The molecular weight excluding hydrogens is 490 g/mol. The highest BCUT2D eigenvalue weighted by atomic mass is 16.5. The molecule has 0 radical (unpaired) electrons. The molecule has 0 atom stereocenters. The summed E-state index contributed by atoms with van der Waals surface area (Å²) < 4.78 is 7.77. The third-order valence-electron chi connectivity index (χ3n) is 6.40. The second kappa shape index (κ2) is 11.6. The molecule has 0 unspecified atom stereocenters. The Balaban J connectivity index is 1.27. The van der Waals surface area contributed by atoms with E-state index in [-0.39, 0.29) is 18.0 Å². The van der Waals surface area contributed by atoms with Crippen LogP contribution in [0.15, 0.2) is 66.9 Å². The number of rotatable bonds is 8. The van der Waals surface area contributed by atoms with Crippen LogP contribution in [-0.4, -0.2) is 33.4 Å². The van der Waals surface area contributed by atoms with Crippen LogP contribution in [0, 0.1) is 0 Å². The Morgan fingerprint density at radius 3 is 2.54 bits per heavy atom. The Morgan fingerprint density at radius 1 is 0.949 bits per heavy atom. The minimum Gasteiger partial charge on any atom is -0.457 e. The zero-order chi connectivity index (χ0) is 27.4. The lowest BCUT2D eigenvalue weighted by Gasteiger charge is -2.18. The van der Waals surface area contributed by atoms with Gasteiger partial charge in [-0.15, -0.1) is 0 Å². The number of aromatic nitrogens is 3. The van der Waals surface area contributed by atoms with E-state index in [1.165, 1.54) is 11.1 Å². The molecule has 3 heterocycles. The highest BCUT2D eigenvalue weighted by Crippen LogP contribution is 2.27. The van der Waals surface area contributed by atoms with Crippen LogP contribution in [0.5, 0.6) is 11.5 Å². The van der Waals surface area contributed by atoms with Crippen LogP contribution in [0.1, 0.15) is 50.4 Å². The Labute approximate surface area is 229 Å². The van der Waals surface area contributed by atoms with Crippen molar-refractivity contribution in [2.24, 2.45) is 0 Å². The number of hydrogen-bond acceptors (Lipinski definition) is 6. The molecule has 2 aromatic heterocycles. The first kappa shape index (κ1) is 26.2. The third kappa shape index (κ3) is 6.56. The molecule has 9 nitrogen and oxygen atoms in total. The number of benzene rings is 2. The van der Waals surface area contributed by atoms with Crippen molar-refractivity contribution < 1.29 is 9.53 Å². The number of nitrogens with zero attached hydrogens (tertiary/aromatic N) is 3. The van der Waals surface area contributed by atoms with Crippen LogP contribution in [0.4, 0.5) is 22.1 Å². The van der Waals surface area contributed by atoms with Crippen LogP contribution < -0.4 is 26.0 Å². The average molecular weight is 526 g/mol. The molecule has 2 amide bonds. The molecule has 5 rings (SSSR count). The van der Waals surface area contributed by atoms with Crippen molar-refractivity contribution in [2.75, 3.05) is 22.5 Å². The number of anilines is 3. The van der Waals surface area contributed by atoms with Crippen molar-refractivity contribution in [1.29, 1.82) is 0 Å². The molecule has 0 saturated heterocycles. The van der Waals surface area contributed by atoms with Gasteiger partial charge >= 0.3 is 6.03 Å². The topological polar surface area (TPSA) is 105 Å². The number of carbonyl (C=O) groups excluding carboxylic acids is 1. The van der Waals surface area contributed by atoms with Crippen molar-refractivity contribution in [3.63, 3.8) is 0 Å². The number of pyridine rings is 1. The van der Waals surface area contributed by atoms with Gasteiger partial charge in [0, 0.05) is 36.6 Å². The van der Waals surface area contributed by atoms with Gasteiger partial charge in [0.05, 0.1) is 11.4 Å². The van der Waals surface area contributed by atoms with E-state index in [1.54, 1.807) is 24.4 Å². The van der Waals surface area contributed by atoms with Crippen molar-refractivity contribution in [2.45, 2.75) is 52.6 Å². The first-order valence-corrected chi connectivity index (χ1v) is 13.4. The smallest absolute Gasteiger partial charge is 0.324 e. The van der Waals surface area contributed by atoms with E-state index in [4.69, 9.17) is 9.84 Å². The van der Waals surface area contributed by atoms with Gasteiger partial charge in [0.15, 0.2) is 0 Å². The minimum atomic E-state index is -0.346. The number of fused-ring (bicyclic) bond motifs is 1. The van der Waals surface area contributed by atoms with Gasteiger partial charge in [-0.2, -0.15) is 5.10 Å². The normalized spacial score (nSPS) is 12.8. The standard InChI is InChI=1S/C30H35N7O2/c1-19(2)27-17-29(37(36-27)24-8-5-22-18-31-13-11-21(22)15-24)35-30(38)34-23-6-9-25(10-7-23)39-26-12-14-32-28(16-26)33-20(3)4/h5-10,12,14-17,19-20,31H,11,13,18H2,1-4H3,(H,32,33)(H2,34,35,38). The lowest BCUT2D eigenvalue weighted by Crippen LogP contribution is -2.24. The van der Waals surface area contributed by atoms with Crippen LogP contribution in [0.3, 0.4) is 0 Å². The predicted octanol–water partition coefficient (Wildman–Crippen LogP) is 6.29. The summed E-state index contributed by atoms with van der Waals surface area (Å²) in [6.07, 6.45) is 2.68. The molecular formula is C30H35N7O2. The number of nitrogens with one attached hydrogen (secondary N) is 4. The zero-order valence-corrected chi connectivity index (χ0v) is 22.8. The molecule has 1 aliphatic rings. The van der Waals surface area contributed by atoms with Gasteiger partial charge in [0.25, 0.3) is 0 Å². The van der Waals surface area contributed by atoms with Crippen LogP contribution >= 0.6 is 0 Å². The lowest BCUT2D eigenvalue weighted by atomic mass is 10.0. The maximum atomic E-state index is 13.0. The Hall–Kier alpha value is -4.37. The van der Waals surface area contributed by atoms with Crippen molar-refractivity contribution >= 4 is 23.4 Å². The summed E-state index contributed by atoms with van der Waals surface area (Å²) in [7, 11) is 0. The second-order valence-corrected chi connectivity index (χ2v) is 10.3. The van der Waals surface area contributed by atoms with Gasteiger partial charge in [-0.3, -0.25) is 5.32 Å². The van der Waals surface area contributed by atoms with E-state index in [0.29, 0.717) is 23.0 Å². The number of hydrogen-bond donors (Lipinski definition) is 4. The molecule has 39 heavy (non-hydrogen) atoms. The molecule has 202 valence electrons. The summed E-state index contributed by atoms with van der Waals surface area (Å²) in [5.74, 6) is 2.93. The minimum absolute atomic E-state index is 0.224. The Morgan fingerprint density at radius 2 is 1.77 bits per heavy atom. The fourth-order valence-electron chi connectivity index (χ4n) is 4.43. The molecule has 4 N–H and O–H groups in total. The highest BCUT2D eigenvalue weighted by molar-refractivity contribution is 5.99. The molecule has 0 bridgehead atoms. The SMILES string of the molecule is CC(C)Nc1cc(Oc2ccc(NC(=O)Nc3cc(C(C)C)nn3-c3ccc4c(c3)CCNC4)cc2)ccn1. The summed E-state index contributed by atoms with van der Waals surface area (Å²) in [6.45, 7) is 10.1. The number of urea groups is 1. The van der Waals surface area contributed by atoms with E-state index in [0.717, 1.165) is 36.7 Å². The monoisotopic (exact) mass is 525 g/mol. The summed E-state index contributed by atoms with van der Waals surface area (Å²) in [4.78, 5) is 17.3. The molecule has 9 heteroatoms. The fourth-order valence-corrected chi connectivity index (χ4v) is 4.43. The highest BCUT2D eigenvalue weighted by Gasteiger charge is 2.17. The van der Waals surface area contributed by atoms with Gasteiger partial charge in [0.1, 0.15) is 23.1 Å². The summed E-state index contributed by atoms with van der Waals surface area (Å²) >= 11 is 0. The van der Waals surface area contributed by atoms with Crippen LogP contribution in [0.25, 0.3) is 5.69 Å². The summed E-state index contributed by atoms with van der Waals surface area (Å²) in [5.41, 5.74) is 5.10. The summed E-state index contributed by atoms with van der Waals surface area (Å²) in [5, 5.41) is 17.3. The number of amides is 2. The van der Waals surface area contributed by atoms with Gasteiger partial charge in [0.2, 0.25) is 0 Å². The largest absolute Gasteiger partial charge is 0.457 e. The van der Waals surface area contributed by atoms with E-state index in [9.17, 15) is 4.79 Å². The van der Waals surface area contributed by atoms with E-state index in [1.807, 2.05) is 28.9 Å². The van der Waals surface area contributed by atoms with Gasteiger partial charge in [-0.1, -0.05) is 19.9 Å². The maximum absolute atomic E-state index is 13.0. The lowest BCUT2D eigenvalue weighted by molar-refractivity contribution is 0.262. The molecule has 0 saturated carbocycles. The Kier molecular flexibility index (Phi) is 7.79. The van der Waals surface area contributed by atoms with Gasteiger partial charge in [-0.25, -0.2) is 14.5 Å². The third-order valence-corrected chi connectivity index (χ3v) is 6.40. The molecule has 0 spiro atoms. The first-order chi connectivity index (χ1) is 18.8. The van der Waals surface area contributed by atoms with Crippen molar-refractivity contribution in [3.05, 3.63) is 83.7 Å². The van der Waals surface area contributed by atoms with Crippen LogP contribution in [-0.2, 0) is 13.0 Å². The molecule has 4 aromatic rings. The average Bonchev–Trinajstić information content (AvgIpc) is 3.33. The first-order valence-electron chi connectivity index (χ1n) is 13.4. The van der Waals surface area contributed by atoms with Gasteiger partial charge in [-0.05, 0) is 86.3 Å². The number of carbonyl (C=O) groups is 1. The molecule has 0 fully saturated rings. The molecule has 0 aliphatic carbocycles. The van der Waals surface area contributed by atoms with E-state index in [2.05, 4.69) is 72.1 Å². The van der Waals surface area contributed by atoms with Crippen molar-refractivity contribution in [1.82, 2.24) is 20.1 Å². The summed E-state index contributed by atoms with van der Waals surface area (Å²) in [6, 6.07) is 19.1. The van der Waals surface area contributed by atoms with Crippen LogP contribution in [0.2, 0.25) is 0 Å². The molecule has 1 aliphatic heterocycles. The Bertz CT molecular complexity index is 1440.